The number of nitrogen functional groups attached to an aromatic ring is 1. The summed E-state index contributed by atoms with van der Waals surface area (Å²) in [6.07, 6.45) is 2.54. The second-order valence-corrected chi connectivity index (χ2v) is 6.25. The summed E-state index contributed by atoms with van der Waals surface area (Å²) in [5, 5.41) is 1.12. The molecule has 20 heavy (non-hydrogen) atoms. The zero-order valence-corrected chi connectivity index (χ0v) is 13.0. The van der Waals surface area contributed by atoms with Gasteiger partial charge in [0, 0.05) is 29.4 Å². The summed E-state index contributed by atoms with van der Waals surface area (Å²) in [4.78, 5) is 12.7. The molecule has 1 aromatic carbocycles. The number of thioether (sulfide) groups is 1. The molecule has 0 fully saturated rings. The van der Waals surface area contributed by atoms with E-state index in [0.29, 0.717) is 22.3 Å². The van der Waals surface area contributed by atoms with Crippen LogP contribution in [0.4, 0.5) is 5.69 Å². The Bertz CT molecular complexity index is 658. The van der Waals surface area contributed by atoms with E-state index in [1.165, 1.54) is 6.07 Å². The first-order chi connectivity index (χ1) is 9.56. The van der Waals surface area contributed by atoms with Crippen molar-refractivity contribution < 1.29 is 0 Å². The van der Waals surface area contributed by atoms with E-state index in [9.17, 15) is 4.79 Å². The number of aromatic nitrogens is 1. The molecule has 0 aliphatic heterocycles. The summed E-state index contributed by atoms with van der Waals surface area (Å²) in [7, 11) is 0. The first-order valence-electron chi connectivity index (χ1n) is 6.10. The predicted molar refractivity (Wildman–Crippen MR) is 86.9 cm³/mol. The van der Waals surface area contributed by atoms with Crippen molar-refractivity contribution in [2.24, 2.45) is 0 Å². The maximum absolute atomic E-state index is 11.6. The van der Waals surface area contributed by atoms with E-state index < -0.39 is 0 Å². The Kier molecular flexibility index (Phi) is 5.40. The molecule has 2 rings (SSSR count). The van der Waals surface area contributed by atoms with E-state index in [-0.39, 0.29) is 5.56 Å². The molecule has 0 spiro atoms. The van der Waals surface area contributed by atoms with Crippen LogP contribution in [0.2, 0.25) is 10.0 Å². The number of pyridine rings is 1. The quantitative estimate of drug-likeness (QED) is 0.668. The van der Waals surface area contributed by atoms with Crippen molar-refractivity contribution in [1.29, 1.82) is 0 Å². The minimum Gasteiger partial charge on any atom is -0.398 e. The van der Waals surface area contributed by atoms with Crippen LogP contribution in [0, 0.1) is 0 Å². The first kappa shape index (κ1) is 15.3. The highest BCUT2D eigenvalue weighted by Gasteiger charge is 2.01. The van der Waals surface area contributed by atoms with Crippen molar-refractivity contribution >= 4 is 40.7 Å². The number of rotatable bonds is 5. The Morgan fingerprint density at radius 3 is 2.70 bits per heavy atom. The smallest absolute Gasteiger partial charge is 0.250 e. The second-order valence-electron chi connectivity index (χ2n) is 4.27. The van der Waals surface area contributed by atoms with Crippen LogP contribution in [-0.2, 0) is 6.54 Å². The number of hydrogen-bond acceptors (Lipinski definition) is 3. The molecule has 6 heteroatoms. The van der Waals surface area contributed by atoms with Gasteiger partial charge in [-0.25, -0.2) is 0 Å². The molecule has 0 amide bonds. The fourth-order valence-electron chi connectivity index (χ4n) is 1.72. The third kappa shape index (κ3) is 4.20. The molecule has 0 aliphatic rings. The maximum Gasteiger partial charge on any atom is 0.250 e. The van der Waals surface area contributed by atoms with Gasteiger partial charge in [-0.05, 0) is 36.4 Å². The van der Waals surface area contributed by atoms with E-state index in [1.54, 1.807) is 34.7 Å². The minimum atomic E-state index is -0.0289. The van der Waals surface area contributed by atoms with Crippen molar-refractivity contribution in [2.75, 3.05) is 11.5 Å². The topological polar surface area (TPSA) is 48.0 Å². The number of halogens is 2. The van der Waals surface area contributed by atoms with Gasteiger partial charge in [0.25, 0.3) is 5.56 Å². The van der Waals surface area contributed by atoms with Gasteiger partial charge in [0.1, 0.15) is 0 Å². The van der Waals surface area contributed by atoms with Crippen molar-refractivity contribution in [3.05, 3.63) is 56.9 Å². The zero-order chi connectivity index (χ0) is 14.5. The van der Waals surface area contributed by atoms with Gasteiger partial charge in [0.05, 0.1) is 10.0 Å². The molecule has 1 heterocycles. The number of aryl methyl sites for hydroxylation is 1. The molecular weight excluding hydrogens is 315 g/mol. The lowest BCUT2D eigenvalue weighted by molar-refractivity contribution is 0.660. The Hall–Kier alpha value is -1.10. The zero-order valence-electron chi connectivity index (χ0n) is 10.7. The summed E-state index contributed by atoms with van der Waals surface area (Å²) in [6, 6.07) is 8.67. The Labute approximate surface area is 131 Å². The van der Waals surface area contributed by atoms with Crippen LogP contribution in [0.25, 0.3) is 0 Å². The molecule has 0 aliphatic carbocycles. The van der Waals surface area contributed by atoms with E-state index in [4.69, 9.17) is 28.9 Å². The van der Waals surface area contributed by atoms with Crippen molar-refractivity contribution in [3.63, 3.8) is 0 Å². The molecule has 0 bridgehead atoms. The van der Waals surface area contributed by atoms with Crippen molar-refractivity contribution in [3.8, 4) is 0 Å². The van der Waals surface area contributed by atoms with Crippen LogP contribution in [0.5, 0.6) is 0 Å². The Morgan fingerprint density at radius 1 is 1.15 bits per heavy atom. The van der Waals surface area contributed by atoms with Gasteiger partial charge in [-0.3, -0.25) is 4.79 Å². The summed E-state index contributed by atoms with van der Waals surface area (Å²) >= 11 is 13.5. The normalized spacial score (nSPS) is 10.7. The highest BCUT2D eigenvalue weighted by Crippen LogP contribution is 2.28. The lowest BCUT2D eigenvalue weighted by Gasteiger charge is -2.06. The number of nitrogens with two attached hydrogens (primary N) is 1. The maximum atomic E-state index is 11.6. The van der Waals surface area contributed by atoms with E-state index in [2.05, 4.69) is 0 Å². The largest absolute Gasteiger partial charge is 0.398 e. The molecule has 0 unspecified atom stereocenters. The molecule has 0 radical (unpaired) electrons. The SMILES string of the molecule is Nc1ccc(=O)n(CCCSc2ccc(Cl)c(Cl)c2)c1. The van der Waals surface area contributed by atoms with Crippen LogP contribution in [0.15, 0.2) is 46.2 Å². The number of anilines is 1. The standard InChI is InChI=1S/C14H14Cl2N2OS/c15-12-4-3-11(8-13(12)16)20-7-1-6-18-9-10(17)2-5-14(18)19/h2-5,8-9H,1,6-7,17H2. The summed E-state index contributed by atoms with van der Waals surface area (Å²) in [5.74, 6) is 0.888. The highest BCUT2D eigenvalue weighted by molar-refractivity contribution is 7.99. The van der Waals surface area contributed by atoms with Gasteiger partial charge in [-0.15, -0.1) is 11.8 Å². The third-order valence-electron chi connectivity index (χ3n) is 2.71. The molecule has 106 valence electrons. The summed E-state index contributed by atoms with van der Waals surface area (Å²) in [5.41, 5.74) is 6.23. The molecule has 2 N–H and O–H groups in total. The lowest BCUT2D eigenvalue weighted by atomic mass is 10.4. The van der Waals surface area contributed by atoms with Gasteiger partial charge in [-0.2, -0.15) is 0 Å². The van der Waals surface area contributed by atoms with E-state index >= 15 is 0 Å². The minimum absolute atomic E-state index is 0.0289. The molecule has 0 saturated carbocycles. The predicted octanol–water partition coefficient (Wildman–Crippen LogP) is 3.92. The van der Waals surface area contributed by atoms with E-state index in [1.807, 2.05) is 12.1 Å². The van der Waals surface area contributed by atoms with Crippen molar-refractivity contribution in [2.45, 2.75) is 17.9 Å². The number of nitrogens with zero attached hydrogens (tertiary/aromatic N) is 1. The van der Waals surface area contributed by atoms with Crippen molar-refractivity contribution in [1.82, 2.24) is 4.57 Å². The summed E-state index contributed by atoms with van der Waals surface area (Å²) < 4.78 is 1.63. The van der Waals surface area contributed by atoms with Gasteiger partial charge < -0.3 is 10.3 Å². The fraction of sp³-hybridized carbons (Fsp3) is 0.214. The molecule has 2 aromatic rings. The number of hydrogen-bond donors (Lipinski definition) is 1. The van der Waals surface area contributed by atoms with Crippen LogP contribution >= 0.6 is 35.0 Å². The Morgan fingerprint density at radius 2 is 1.95 bits per heavy atom. The van der Waals surface area contributed by atoms with Crippen LogP contribution in [-0.4, -0.2) is 10.3 Å². The molecular formula is C14H14Cl2N2OS. The van der Waals surface area contributed by atoms with Crippen LogP contribution < -0.4 is 11.3 Å². The fourth-order valence-corrected chi connectivity index (χ4v) is 2.95. The lowest BCUT2D eigenvalue weighted by Crippen LogP contribution is -2.19. The van der Waals surface area contributed by atoms with Gasteiger partial charge >= 0.3 is 0 Å². The molecule has 0 atom stereocenters. The molecule has 0 saturated heterocycles. The monoisotopic (exact) mass is 328 g/mol. The first-order valence-corrected chi connectivity index (χ1v) is 7.84. The summed E-state index contributed by atoms with van der Waals surface area (Å²) in [6.45, 7) is 0.651. The second kappa shape index (κ2) is 7.07. The average Bonchev–Trinajstić information content (AvgIpc) is 2.42. The van der Waals surface area contributed by atoms with Gasteiger partial charge in [0.2, 0.25) is 0 Å². The van der Waals surface area contributed by atoms with Crippen LogP contribution in [0.3, 0.4) is 0 Å². The highest BCUT2D eigenvalue weighted by atomic mass is 35.5. The number of benzene rings is 1. The van der Waals surface area contributed by atoms with E-state index in [0.717, 1.165) is 17.1 Å². The molecule has 3 nitrogen and oxygen atoms in total. The Balaban J connectivity index is 1.86. The molecule has 1 aromatic heterocycles. The van der Waals surface area contributed by atoms with Crippen LogP contribution in [0.1, 0.15) is 6.42 Å². The average molecular weight is 329 g/mol. The third-order valence-corrected chi connectivity index (χ3v) is 4.53. The van der Waals surface area contributed by atoms with Gasteiger partial charge in [-0.1, -0.05) is 23.2 Å². The van der Waals surface area contributed by atoms with Gasteiger partial charge in [0.15, 0.2) is 0 Å².